The molecule has 0 bridgehead atoms. The van der Waals surface area contributed by atoms with Crippen LogP contribution in [-0.2, 0) is 17.2 Å². The highest BCUT2D eigenvalue weighted by molar-refractivity contribution is 7.86. The largest absolute Gasteiger partial charge is 0.741 e. The Morgan fingerprint density at radius 1 is 1.44 bits per heavy atom. The average Bonchev–Trinajstić information content (AvgIpc) is 2.61. The van der Waals surface area contributed by atoms with Crippen LogP contribution in [0.2, 0.25) is 0 Å². The van der Waals surface area contributed by atoms with E-state index in [2.05, 4.69) is 41.7 Å². The molecule has 0 saturated carbocycles. The van der Waals surface area contributed by atoms with Crippen LogP contribution in [0, 0.1) is 0 Å². The van der Waals surface area contributed by atoms with Gasteiger partial charge in [-0.15, -0.1) is 0 Å². The van der Waals surface area contributed by atoms with Crippen molar-refractivity contribution in [3.63, 3.8) is 0 Å². The van der Waals surface area contributed by atoms with E-state index >= 15 is 0 Å². The molecule has 0 aliphatic rings. The Bertz CT molecular complexity index is 468. The Balaban J connectivity index is 0.000000331. The van der Waals surface area contributed by atoms with Crippen LogP contribution >= 0.6 is 0 Å². The molecule has 1 heterocycles. The minimum atomic E-state index is -6.09. The average molecular weight is 288 g/mol. The number of nitrogens with zero attached hydrogens (tertiary/aromatic N) is 2. The summed E-state index contributed by atoms with van der Waals surface area (Å²) in [6.07, 6.45) is 7.46. The van der Waals surface area contributed by atoms with Gasteiger partial charge in [0.2, 0.25) is 6.33 Å². The third-order valence-corrected chi connectivity index (χ3v) is 2.74. The standard InChI is InChI=1S/C8H15N2.CHF3O3S/c1-4-8(2)10-6-5-9(3)7-10;2-1(3,4)8(5,6)7/h5-8H,4H2,1-3H3;(H,5,6,7)/q+1;/p-1. The number of halogens is 3. The molecule has 18 heavy (non-hydrogen) atoms. The van der Waals surface area contributed by atoms with E-state index in [9.17, 15) is 13.2 Å². The van der Waals surface area contributed by atoms with E-state index < -0.39 is 15.6 Å². The molecule has 0 N–H and O–H groups in total. The van der Waals surface area contributed by atoms with E-state index in [1.807, 2.05) is 7.05 Å². The molecule has 106 valence electrons. The van der Waals surface area contributed by atoms with Crippen molar-refractivity contribution in [2.24, 2.45) is 7.05 Å². The van der Waals surface area contributed by atoms with Gasteiger partial charge in [-0.25, -0.2) is 17.6 Å². The Kier molecular flexibility index (Phi) is 5.81. The molecule has 1 rings (SSSR count). The lowest BCUT2D eigenvalue weighted by Gasteiger charge is -2.08. The molecule has 0 aromatic carbocycles. The van der Waals surface area contributed by atoms with Crippen molar-refractivity contribution in [1.82, 2.24) is 4.57 Å². The molecule has 5 nitrogen and oxygen atoms in total. The van der Waals surface area contributed by atoms with E-state index in [1.54, 1.807) is 0 Å². The normalized spacial score (nSPS) is 13.7. The van der Waals surface area contributed by atoms with Crippen LogP contribution < -0.4 is 4.57 Å². The monoisotopic (exact) mass is 288 g/mol. The second-order valence-corrected chi connectivity index (χ2v) is 5.05. The summed E-state index contributed by atoms with van der Waals surface area (Å²) >= 11 is 0. The predicted molar refractivity (Wildman–Crippen MR) is 56.4 cm³/mol. The van der Waals surface area contributed by atoms with Gasteiger partial charge in [0.15, 0.2) is 10.1 Å². The smallest absolute Gasteiger partial charge is 0.485 e. The molecule has 0 fully saturated rings. The van der Waals surface area contributed by atoms with Crippen LogP contribution in [0.5, 0.6) is 0 Å². The Morgan fingerprint density at radius 2 is 1.89 bits per heavy atom. The lowest BCUT2D eigenvalue weighted by Crippen LogP contribution is -2.24. The molecule has 1 aromatic heterocycles. The Morgan fingerprint density at radius 3 is 2.11 bits per heavy atom. The highest BCUT2D eigenvalue weighted by atomic mass is 32.2. The fourth-order valence-electron chi connectivity index (χ4n) is 0.941. The molecule has 0 saturated heterocycles. The second kappa shape index (κ2) is 6.19. The van der Waals surface area contributed by atoms with Crippen LogP contribution in [0.1, 0.15) is 26.3 Å². The van der Waals surface area contributed by atoms with Crippen molar-refractivity contribution in [3.8, 4) is 0 Å². The quantitative estimate of drug-likeness (QED) is 0.468. The molecule has 1 unspecified atom stereocenters. The van der Waals surface area contributed by atoms with Crippen LogP contribution in [0.15, 0.2) is 18.7 Å². The zero-order valence-electron chi connectivity index (χ0n) is 10.2. The first-order valence-corrected chi connectivity index (χ1v) is 6.44. The molecule has 0 aliphatic carbocycles. The van der Waals surface area contributed by atoms with Gasteiger partial charge in [-0.05, 0) is 13.3 Å². The Hall–Kier alpha value is -1.09. The zero-order chi connectivity index (χ0) is 14.6. The van der Waals surface area contributed by atoms with Gasteiger partial charge in [0.1, 0.15) is 12.4 Å². The number of aryl methyl sites for hydroxylation is 1. The maximum atomic E-state index is 10.7. The van der Waals surface area contributed by atoms with Crippen LogP contribution in [-0.4, -0.2) is 23.0 Å². The highest BCUT2D eigenvalue weighted by Gasteiger charge is 2.36. The molecular formula is C9H15F3N2O3S. The van der Waals surface area contributed by atoms with Gasteiger partial charge in [-0.3, -0.25) is 0 Å². The van der Waals surface area contributed by atoms with Crippen molar-refractivity contribution >= 4 is 10.1 Å². The number of aromatic nitrogens is 2. The maximum absolute atomic E-state index is 10.7. The van der Waals surface area contributed by atoms with Gasteiger partial charge in [0.05, 0.1) is 13.1 Å². The molecule has 0 spiro atoms. The summed E-state index contributed by atoms with van der Waals surface area (Å²) in [4.78, 5) is 0. The van der Waals surface area contributed by atoms with Crippen LogP contribution in [0.4, 0.5) is 13.2 Å². The van der Waals surface area contributed by atoms with Crippen molar-refractivity contribution in [2.75, 3.05) is 0 Å². The van der Waals surface area contributed by atoms with Gasteiger partial charge in [-0.1, -0.05) is 6.92 Å². The number of hydrogen-bond acceptors (Lipinski definition) is 3. The maximum Gasteiger partial charge on any atom is 0.485 e. The van der Waals surface area contributed by atoms with Crippen molar-refractivity contribution in [1.29, 1.82) is 0 Å². The number of imidazole rings is 1. The van der Waals surface area contributed by atoms with Gasteiger partial charge < -0.3 is 4.55 Å². The SMILES string of the molecule is CCC(C)n1cc[n+](C)c1.O=S(=O)([O-])C(F)(F)F. The molecule has 0 amide bonds. The third-order valence-electron chi connectivity index (χ3n) is 2.17. The fourth-order valence-corrected chi connectivity index (χ4v) is 0.941. The van der Waals surface area contributed by atoms with E-state index in [1.165, 1.54) is 6.42 Å². The molecule has 0 radical (unpaired) electrons. The van der Waals surface area contributed by atoms with Gasteiger partial charge in [-0.2, -0.15) is 13.2 Å². The lowest BCUT2D eigenvalue weighted by molar-refractivity contribution is -0.671. The van der Waals surface area contributed by atoms with Gasteiger partial charge >= 0.3 is 5.51 Å². The second-order valence-electron chi connectivity index (χ2n) is 3.68. The first kappa shape index (κ1) is 16.9. The van der Waals surface area contributed by atoms with Crippen molar-refractivity contribution in [3.05, 3.63) is 18.7 Å². The van der Waals surface area contributed by atoms with Crippen LogP contribution in [0.25, 0.3) is 0 Å². The summed E-state index contributed by atoms with van der Waals surface area (Å²) < 4.78 is 63.2. The predicted octanol–water partition coefficient (Wildman–Crippen LogP) is 1.34. The van der Waals surface area contributed by atoms with Crippen molar-refractivity contribution in [2.45, 2.75) is 31.8 Å². The van der Waals surface area contributed by atoms with E-state index in [0.717, 1.165) is 0 Å². The molecule has 1 aromatic rings. The highest BCUT2D eigenvalue weighted by Crippen LogP contribution is 2.20. The minimum absolute atomic E-state index is 0.626. The van der Waals surface area contributed by atoms with Crippen LogP contribution in [0.3, 0.4) is 0 Å². The fraction of sp³-hybridized carbons (Fsp3) is 0.667. The van der Waals surface area contributed by atoms with Crippen molar-refractivity contribution < 1.29 is 30.7 Å². The molecule has 9 heteroatoms. The lowest BCUT2D eigenvalue weighted by atomic mass is 10.3. The molecular weight excluding hydrogens is 273 g/mol. The summed E-state index contributed by atoms with van der Waals surface area (Å²) in [5.41, 5.74) is -5.65. The Labute approximate surface area is 104 Å². The summed E-state index contributed by atoms with van der Waals surface area (Å²) in [5, 5.41) is 0. The summed E-state index contributed by atoms with van der Waals surface area (Å²) in [7, 11) is -4.05. The molecule has 1 atom stereocenters. The van der Waals surface area contributed by atoms with E-state index in [-0.39, 0.29) is 0 Å². The number of rotatable bonds is 2. The van der Waals surface area contributed by atoms with Gasteiger partial charge in [0.25, 0.3) is 0 Å². The van der Waals surface area contributed by atoms with E-state index in [4.69, 9.17) is 13.0 Å². The first-order chi connectivity index (χ1) is 7.99. The van der Waals surface area contributed by atoms with Gasteiger partial charge in [0, 0.05) is 0 Å². The third kappa shape index (κ3) is 5.50. The first-order valence-electron chi connectivity index (χ1n) is 5.04. The van der Waals surface area contributed by atoms with E-state index in [0.29, 0.717) is 6.04 Å². The number of hydrogen-bond donors (Lipinski definition) is 0. The summed E-state index contributed by atoms with van der Waals surface area (Å²) in [6, 6.07) is 0.626. The molecule has 0 aliphatic heterocycles. The number of alkyl halides is 3. The summed E-state index contributed by atoms with van der Waals surface area (Å²) in [6.45, 7) is 4.42. The zero-order valence-corrected chi connectivity index (χ0v) is 11.0. The topological polar surface area (TPSA) is 66.0 Å². The minimum Gasteiger partial charge on any atom is -0.741 e. The summed E-state index contributed by atoms with van der Waals surface area (Å²) in [5.74, 6) is 0.